The van der Waals surface area contributed by atoms with E-state index >= 15 is 0 Å². The number of hydrogen-bond donors (Lipinski definition) is 0. The second-order valence-electron chi connectivity index (χ2n) is 3.09. The molecule has 74 valence electrons. The SMILES string of the molecule is CC(C#N)=Cc1cccc(CN=C=O)c1. The van der Waals surface area contributed by atoms with Crippen molar-refractivity contribution in [2.45, 2.75) is 13.5 Å². The first-order valence-corrected chi connectivity index (χ1v) is 4.47. The molecule has 0 saturated heterocycles. The lowest BCUT2D eigenvalue weighted by molar-refractivity contribution is 0.563. The van der Waals surface area contributed by atoms with Crippen LogP contribution in [0.5, 0.6) is 0 Å². The van der Waals surface area contributed by atoms with Gasteiger partial charge in [0.25, 0.3) is 0 Å². The number of hydrogen-bond acceptors (Lipinski definition) is 3. The van der Waals surface area contributed by atoms with Gasteiger partial charge in [0.1, 0.15) is 0 Å². The lowest BCUT2D eigenvalue weighted by Gasteiger charge is -1.97. The predicted molar refractivity (Wildman–Crippen MR) is 57.5 cm³/mol. The van der Waals surface area contributed by atoms with Crippen molar-refractivity contribution in [3.05, 3.63) is 41.0 Å². The molecular formula is C12H10N2O. The number of benzene rings is 1. The molecule has 0 N–H and O–H groups in total. The topological polar surface area (TPSA) is 53.2 Å². The van der Waals surface area contributed by atoms with E-state index in [1.165, 1.54) is 6.08 Å². The van der Waals surface area contributed by atoms with Crippen LogP contribution in [0, 0.1) is 11.3 Å². The van der Waals surface area contributed by atoms with Crippen molar-refractivity contribution in [3.63, 3.8) is 0 Å². The molecule has 1 rings (SSSR count). The summed E-state index contributed by atoms with van der Waals surface area (Å²) in [7, 11) is 0. The minimum absolute atomic E-state index is 0.330. The van der Waals surface area contributed by atoms with E-state index in [4.69, 9.17) is 5.26 Å². The third-order valence-corrected chi connectivity index (χ3v) is 1.84. The van der Waals surface area contributed by atoms with Gasteiger partial charge in [-0.1, -0.05) is 18.2 Å². The number of nitriles is 1. The third-order valence-electron chi connectivity index (χ3n) is 1.84. The van der Waals surface area contributed by atoms with Gasteiger partial charge < -0.3 is 0 Å². The minimum atomic E-state index is 0.330. The predicted octanol–water partition coefficient (Wildman–Crippen LogP) is 2.45. The number of aliphatic imine (C=N–C) groups is 1. The molecule has 3 heteroatoms. The first-order chi connectivity index (χ1) is 7.26. The van der Waals surface area contributed by atoms with E-state index in [-0.39, 0.29) is 0 Å². The van der Waals surface area contributed by atoms with E-state index in [0.717, 1.165) is 11.1 Å². The molecule has 1 aromatic rings. The molecule has 0 heterocycles. The van der Waals surface area contributed by atoms with Crippen LogP contribution in [0.25, 0.3) is 6.08 Å². The average molecular weight is 198 g/mol. The smallest absolute Gasteiger partial charge is 0.211 e. The standard InChI is InChI=1S/C12H10N2O/c1-10(7-13)5-11-3-2-4-12(6-11)8-14-9-15/h2-6H,8H2,1H3. The summed E-state index contributed by atoms with van der Waals surface area (Å²) in [5.74, 6) is 0. The van der Waals surface area contributed by atoms with Crippen molar-refractivity contribution < 1.29 is 4.79 Å². The second kappa shape index (κ2) is 5.54. The first kappa shape index (κ1) is 10.9. The Bertz CT molecular complexity index is 463. The Morgan fingerprint density at radius 1 is 1.60 bits per heavy atom. The van der Waals surface area contributed by atoms with Crippen LogP contribution in [-0.4, -0.2) is 6.08 Å². The van der Waals surface area contributed by atoms with Crippen LogP contribution in [0.3, 0.4) is 0 Å². The molecule has 0 aliphatic carbocycles. The Morgan fingerprint density at radius 2 is 2.40 bits per heavy atom. The molecule has 1 aromatic carbocycles. The van der Waals surface area contributed by atoms with Gasteiger partial charge in [-0.25, -0.2) is 9.79 Å². The van der Waals surface area contributed by atoms with E-state index in [2.05, 4.69) is 11.1 Å². The lowest BCUT2D eigenvalue weighted by Crippen LogP contribution is -1.82. The van der Waals surface area contributed by atoms with Crippen LogP contribution in [0.15, 0.2) is 34.8 Å². The summed E-state index contributed by atoms with van der Waals surface area (Å²) in [6.07, 6.45) is 3.28. The molecule has 0 aliphatic rings. The van der Waals surface area contributed by atoms with Crippen LogP contribution in [-0.2, 0) is 11.3 Å². The highest BCUT2D eigenvalue weighted by Crippen LogP contribution is 2.10. The van der Waals surface area contributed by atoms with Gasteiger partial charge in [0, 0.05) is 5.57 Å². The molecule has 0 atom stereocenters. The molecular weight excluding hydrogens is 188 g/mol. The largest absolute Gasteiger partial charge is 0.235 e. The Labute approximate surface area is 88.4 Å². The van der Waals surface area contributed by atoms with Crippen LogP contribution < -0.4 is 0 Å². The van der Waals surface area contributed by atoms with Gasteiger partial charge >= 0.3 is 0 Å². The Morgan fingerprint density at radius 3 is 3.07 bits per heavy atom. The first-order valence-electron chi connectivity index (χ1n) is 4.47. The van der Waals surface area contributed by atoms with Gasteiger partial charge in [-0.3, -0.25) is 0 Å². The molecule has 0 radical (unpaired) electrons. The zero-order valence-corrected chi connectivity index (χ0v) is 8.40. The fourth-order valence-electron chi connectivity index (χ4n) is 1.19. The molecule has 0 bridgehead atoms. The quantitative estimate of drug-likeness (QED) is 0.425. The summed E-state index contributed by atoms with van der Waals surface area (Å²) < 4.78 is 0. The summed E-state index contributed by atoms with van der Waals surface area (Å²) >= 11 is 0. The number of rotatable bonds is 3. The monoisotopic (exact) mass is 198 g/mol. The van der Waals surface area contributed by atoms with E-state index in [1.54, 1.807) is 13.0 Å². The Kier molecular flexibility index (Phi) is 4.03. The normalized spacial score (nSPS) is 10.3. The molecule has 0 unspecified atom stereocenters. The zero-order chi connectivity index (χ0) is 11.1. The number of nitrogens with zero attached hydrogens (tertiary/aromatic N) is 2. The maximum Gasteiger partial charge on any atom is 0.235 e. The molecule has 3 nitrogen and oxygen atoms in total. The molecule has 0 saturated carbocycles. The highest BCUT2D eigenvalue weighted by Gasteiger charge is 1.93. The van der Waals surface area contributed by atoms with Gasteiger partial charge in [0.05, 0.1) is 12.6 Å². The van der Waals surface area contributed by atoms with Gasteiger partial charge in [-0.15, -0.1) is 0 Å². The lowest BCUT2D eigenvalue weighted by atomic mass is 10.1. The highest BCUT2D eigenvalue weighted by molar-refractivity contribution is 5.56. The third kappa shape index (κ3) is 3.60. The van der Waals surface area contributed by atoms with Crippen LogP contribution >= 0.6 is 0 Å². The average Bonchev–Trinajstić information content (AvgIpc) is 2.26. The summed E-state index contributed by atoms with van der Waals surface area (Å²) in [6.45, 7) is 2.08. The molecule has 0 amide bonds. The van der Waals surface area contributed by atoms with Gasteiger partial charge in [-0.2, -0.15) is 5.26 Å². The summed E-state index contributed by atoms with van der Waals surface area (Å²) in [6, 6.07) is 9.58. The molecule has 15 heavy (non-hydrogen) atoms. The van der Waals surface area contributed by atoms with Crippen LogP contribution in [0.2, 0.25) is 0 Å². The van der Waals surface area contributed by atoms with Gasteiger partial charge in [0.2, 0.25) is 6.08 Å². The van der Waals surface area contributed by atoms with Crippen molar-refractivity contribution in [2.24, 2.45) is 4.99 Å². The molecule has 0 spiro atoms. The fraction of sp³-hybridized carbons (Fsp3) is 0.167. The molecule has 0 aliphatic heterocycles. The zero-order valence-electron chi connectivity index (χ0n) is 8.40. The summed E-state index contributed by atoms with van der Waals surface area (Å²) in [5.41, 5.74) is 2.51. The molecule has 0 aromatic heterocycles. The maximum atomic E-state index is 9.94. The van der Waals surface area contributed by atoms with E-state index in [0.29, 0.717) is 12.1 Å². The van der Waals surface area contributed by atoms with E-state index in [9.17, 15) is 4.79 Å². The highest BCUT2D eigenvalue weighted by atomic mass is 16.1. The van der Waals surface area contributed by atoms with Gasteiger partial charge in [-0.05, 0) is 30.2 Å². The minimum Gasteiger partial charge on any atom is -0.211 e. The Hall–Kier alpha value is -2.17. The van der Waals surface area contributed by atoms with Crippen LogP contribution in [0.4, 0.5) is 0 Å². The number of isocyanates is 1. The fourth-order valence-corrected chi connectivity index (χ4v) is 1.19. The Balaban J connectivity index is 2.93. The van der Waals surface area contributed by atoms with Crippen molar-refractivity contribution in [1.29, 1.82) is 5.26 Å². The van der Waals surface area contributed by atoms with Crippen molar-refractivity contribution in [2.75, 3.05) is 0 Å². The summed E-state index contributed by atoms with van der Waals surface area (Å²) in [5, 5.41) is 8.62. The maximum absolute atomic E-state index is 9.94. The van der Waals surface area contributed by atoms with E-state index < -0.39 is 0 Å². The van der Waals surface area contributed by atoms with Crippen molar-refractivity contribution >= 4 is 12.2 Å². The van der Waals surface area contributed by atoms with E-state index in [1.807, 2.05) is 24.3 Å². The van der Waals surface area contributed by atoms with Crippen molar-refractivity contribution in [3.8, 4) is 6.07 Å². The van der Waals surface area contributed by atoms with Crippen molar-refractivity contribution in [1.82, 2.24) is 0 Å². The number of carbonyl (C=O) groups excluding carboxylic acids is 1. The number of allylic oxidation sites excluding steroid dienone is 1. The van der Waals surface area contributed by atoms with Crippen LogP contribution in [0.1, 0.15) is 18.1 Å². The van der Waals surface area contributed by atoms with Gasteiger partial charge in [0.15, 0.2) is 0 Å². The summed E-state index contributed by atoms with van der Waals surface area (Å²) in [4.78, 5) is 13.4. The second-order valence-corrected chi connectivity index (χ2v) is 3.09. The molecule has 0 fully saturated rings.